The molecule has 0 aliphatic heterocycles. The molecule has 2 aromatic rings. The molecule has 0 aliphatic carbocycles. The van der Waals surface area contributed by atoms with Crippen molar-refractivity contribution in [1.82, 2.24) is 0 Å². The van der Waals surface area contributed by atoms with Gasteiger partial charge >= 0.3 is 0 Å². The second-order valence-corrected chi connectivity index (χ2v) is 6.13. The van der Waals surface area contributed by atoms with Gasteiger partial charge in [-0.2, -0.15) is 0 Å². The third kappa shape index (κ3) is 4.56. The monoisotopic (exact) mass is 338 g/mol. The molecule has 22 heavy (non-hydrogen) atoms. The maximum atomic E-state index is 6.31. The van der Waals surface area contributed by atoms with Crippen LogP contribution in [0.25, 0.3) is 0 Å². The van der Waals surface area contributed by atoms with Gasteiger partial charge in [0.05, 0.1) is 12.7 Å². The second kappa shape index (κ2) is 7.75. The maximum absolute atomic E-state index is 6.31. The SMILES string of the molecule is CCOc1ccc(Cl)c(Cc2cc(Cl)ccc2OC(C)C)c1. The van der Waals surface area contributed by atoms with E-state index in [9.17, 15) is 0 Å². The first kappa shape index (κ1) is 17.0. The summed E-state index contributed by atoms with van der Waals surface area (Å²) in [7, 11) is 0. The van der Waals surface area contributed by atoms with Crippen LogP contribution in [0.3, 0.4) is 0 Å². The normalized spacial score (nSPS) is 10.8. The number of hydrogen-bond donors (Lipinski definition) is 0. The lowest BCUT2D eigenvalue weighted by atomic mass is 10.0. The summed E-state index contributed by atoms with van der Waals surface area (Å²) in [5, 5.41) is 1.39. The van der Waals surface area contributed by atoms with Crippen LogP contribution in [-0.2, 0) is 6.42 Å². The van der Waals surface area contributed by atoms with E-state index >= 15 is 0 Å². The first-order chi connectivity index (χ1) is 10.5. The number of ether oxygens (including phenoxy) is 2. The first-order valence-electron chi connectivity index (χ1n) is 7.36. The van der Waals surface area contributed by atoms with E-state index in [4.69, 9.17) is 32.7 Å². The molecular weight excluding hydrogens is 319 g/mol. The minimum atomic E-state index is 0.102. The van der Waals surface area contributed by atoms with Gasteiger partial charge in [-0.1, -0.05) is 23.2 Å². The van der Waals surface area contributed by atoms with Crippen LogP contribution in [0.5, 0.6) is 11.5 Å². The lowest BCUT2D eigenvalue weighted by molar-refractivity contribution is 0.240. The Labute approximate surface area is 142 Å². The molecule has 2 rings (SSSR count). The molecule has 2 nitrogen and oxygen atoms in total. The zero-order chi connectivity index (χ0) is 16.1. The molecule has 2 aromatic carbocycles. The molecule has 0 spiro atoms. The van der Waals surface area contributed by atoms with Crippen molar-refractivity contribution in [3.05, 3.63) is 57.6 Å². The summed E-state index contributed by atoms with van der Waals surface area (Å²) in [6.45, 7) is 6.59. The molecule has 0 fully saturated rings. The van der Waals surface area contributed by atoms with E-state index in [2.05, 4.69) is 0 Å². The number of halogens is 2. The molecule has 0 unspecified atom stereocenters. The highest BCUT2D eigenvalue weighted by Crippen LogP contribution is 2.30. The van der Waals surface area contributed by atoms with Crippen molar-refractivity contribution < 1.29 is 9.47 Å². The van der Waals surface area contributed by atoms with Gasteiger partial charge in [0.2, 0.25) is 0 Å². The van der Waals surface area contributed by atoms with E-state index in [1.807, 2.05) is 57.2 Å². The van der Waals surface area contributed by atoms with Crippen molar-refractivity contribution >= 4 is 23.2 Å². The fraction of sp³-hybridized carbons (Fsp3) is 0.333. The minimum absolute atomic E-state index is 0.102. The fourth-order valence-electron chi connectivity index (χ4n) is 2.20. The molecule has 0 atom stereocenters. The van der Waals surface area contributed by atoms with Gasteiger partial charge in [-0.15, -0.1) is 0 Å². The van der Waals surface area contributed by atoms with Gasteiger partial charge in [0.1, 0.15) is 11.5 Å². The second-order valence-electron chi connectivity index (χ2n) is 5.28. The highest BCUT2D eigenvalue weighted by molar-refractivity contribution is 6.31. The van der Waals surface area contributed by atoms with Gasteiger partial charge in [-0.3, -0.25) is 0 Å². The molecule has 0 aromatic heterocycles. The van der Waals surface area contributed by atoms with E-state index in [1.165, 1.54) is 0 Å². The largest absolute Gasteiger partial charge is 0.494 e. The number of benzene rings is 2. The van der Waals surface area contributed by atoms with Crippen molar-refractivity contribution in [3.63, 3.8) is 0 Å². The Balaban J connectivity index is 2.33. The van der Waals surface area contributed by atoms with Crippen LogP contribution >= 0.6 is 23.2 Å². The van der Waals surface area contributed by atoms with E-state index in [0.717, 1.165) is 22.6 Å². The quantitative estimate of drug-likeness (QED) is 0.665. The molecule has 0 saturated carbocycles. The van der Waals surface area contributed by atoms with Crippen molar-refractivity contribution in [1.29, 1.82) is 0 Å². The lowest BCUT2D eigenvalue weighted by Crippen LogP contribution is -2.08. The average Bonchev–Trinajstić information content (AvgIpc) is 2.45. The third-order valence-corrected chi connectivity index (χ3v) is 3.70. The molecule has 0 aliphatic rings. The standard InChI is InChI=1S/C18H20Cl2O2/c1-4-21-16-6-7-17(20)13(11-16)9-14-10-15(19)5-8-18(14)22-12(2)3/h5-8,10-12H,4,9H2,1-3H3. The highest BCUT2D eigenvalue weighted by Gasteiger charge is 2.11. The van der Waals surface area contributed by atoms with Gasteiger partial charge in [0.25, 0.3) is 0 Å². The zero-order valence-corrected chi connectivity index (χ0v) is 14.5. The van der Waals surface area contributed by atoms with E-state index in [0.29, 0.717) is 23.1 Å². The summed E-state index contributed by atoms with van der Waals surface area (Å²) in [6, 6.07) is 11.3. The highest BCUT2D eigenvalue weighted by atomic mass is 35.5. The minimum Gasteiger partial charge on any atom is -0.494 e. The van der Waals surface area contributed by atoms with Gasteiger partial charge < -0.3 is 9.47 Å². The maximum Gasteiger partial charge on any atom is 0.123 e. The third-order valence-electron chi connectivity index (χ3n) is 3.09. The lowest BCUT2D eigenvalue weighted by Gasteiger charge is -2.15. The molecule has 118 valence electrons. The van der Waals surface area contributed by atoms with Crippen molar-refractivity contribution in [2.45, 2.75) is 33.3 Å². The summed E-state index contributed by atoms with van der Waals surface area (Å²) >= 11 is 12.4. The van der Waals surface area contributed by atoms with Gasteiger partial charge in [-0.05, 0) is 62.7 Å². The fourth-order valence-corrected chi connectivity index (χ4v) is 2.58. The predicted molar refractivity (Wildman–Crippen MR) is 92.6 cm³/mol. The Hall–Kier alpha value is -1.38. The zero-order valence-electron chi connectivity index (χ0n) is 13.0. The van der Waals surface area contributed by atoms with Crippen LogP contribution in [0.15, 0.2) is 36.4 Å². The van der Waals surface area contributed by atoms with Crippen molar-refractivity contribution in [2.24, 2.45) is 0 Å². The van der Waals surface area contributed by atoms with Gasteiger partial charge in [0.15, 0.2) is 0 Å². The smallest absolute Gasteiger partial charge is 0.123 e. The molecular formula is C18H20Cl2O2. The molecule has 4 heteroatoms. The molecule has 0 radical (unpaired) electrons. The summed E-state index contributed by atoms with van der Waals surface area (Å²) in [5.74, 6) is 1.65. The van der Waals surface area contributed by atoms with Crippen LogP contribution in [0.2, 0.25) is 10.0 Å². The van der Waals surface area contributed by atoms with E-state index in [-0.39, 0.29) is 6.10 Å². The Morgan fingerprint density at radius 1 is 1.00 bits per heavy atom. The van der Waals surface area contributed by atoms with Crippen molar-refractivity contribution in [2.75, 3.05) is 6.61 Å². The number of hydrogen-bond acceptors (Lipinski definition) is 2. The summed E-state index contributed by atoms with van der Waals surface area (Å²) < 4.78 is 11.4. The Bertz CT molecular complexity index is 639. The first-order valence-corrected chi connectivity index (χ1v) is 8.11. The van der Waals surface area contributed by atoms with Gasteiger partial charge in [-0.25, -0.2) is 0 Å². The van der Waals surface area contributed by atoms with Crippen LogP contribution in [-0.4, -0.2) is 12.7 Å². The van der Waals surface area contributed by atoms with Crippen LogP contribution in [0.4, 0.5) is 0 Å². The molecule has 0 saturated heterocycles. The predicted octanol–water partition coefficient (Wildman–Crippen LogP) is 5.77. The molecule has 0 N–H and O–H groups in total. The molecule has 0 heterocycles. The average molecular weight is 339 g/mol. The topological polar surface area (TPSA) is 18.5 Å². The van der Waals surface area contributed by atoms with Crippen LogP contribution in [0, 0.1) is 0 Å². The van der Waals surface area contributed by atoms with Crippen molar-refractivity contribution in [3.8, 4) is 11.5 Å². The Morgan fingerprint density at radius 3 is 2.45 bits per heavy atom. The van der Waals surface area contributed by atoms with Crippen LogP contribution < -0.4 is 9.47 Å². The Kier molecular flexibility index (Phi) is 5.98. The van der Waals surface area contributed by atoms with Gasteiger partial charge in [0, 0.05) is 22.0 Å². The van der Waals surface area contributed by atoms with E-state index in [1.54, 1.807) is 0 Å². The Morgan fingerprint density at radius 2 is 1.77 bits per heavy atom. The summed E-state index contributed by atoms with van der Waals surface area (Å²) in [5.41, 5.74) is 2.00. The molecule has 0 amide bonds. The number of rotatable bonds is 6. The van der Waals surface area contributed by atoms with Crippen LogP contribution in [0.1, 0.15) is 31.9 Å². The molecule has 0 bridgehead atoms. The van der Waals surface area contributed by atoms with E-state index < -0.39 is 0 Å². The summed E-state index contributed by atoms with van der Waals surface area (Å²) in [6.07, 6.45) is 0.743. The summed E-state index contributed by atoms with van der Waals surface area (Å²) in [4.78, 5) is 0.